The number of allylic oxidation sites excluding steroid dienone is 6. The average Bonchev–Trinajstić information content (AvgIpc) is 3.38. The summed E-state index contributed by atoms with van der Waals surface area (Å²) in [5, 5.41) is 23.5. The van der Waals surface area contributed by atoms with Crippen LogP contribution in [0, 0.1) is 35.5 Å². The number of cyclic esters (lactones) is 1. The number of carbonyl (C=O) groups excluding carboxylic acids is 6. The van der Waals surface area contributed by atoms with Gasteiger partial charge in [-0.25, -0.2) is 9.59 Å². The molecule has 0 aromatic carbocycles. The van der Waals surface area contributed by atoms with E-state index >= 15 is 0 Å². The molecule has 1 saturated carbocycles. The van der Waals surface area contributed by atoms with Gasteiger partial charge in [0.05, 0.1) is 31.0 Å². The van der Waals surface area contributed by atoms with Crippen LogP contribution in [0.25, 0.3) is 0 Å². The quantitative estimate of drug-likeness (QED) is 0.0764. The summed E-state index contributed by atoms with van der Waals surface area (Å²) in [6.07, 6.45) is 14.7. The molecule has 3 aliphatic heterocycles. The molecule has 0 aromatic rings. The van der Waals surface area contributed by atoms with E-state index < -0.39 is 83.9 Å². The number of Topliss-reactive ketones (excluding diaryl/α,β-unsaturated/α-hetero) is 3. The molecule has 2 N–H and O–H groups in total. The van der Waals surface area contributed by atoms with Crippen LogP contribution in [0.1, 0.15) is 132 Å². The fourth-order valence-corrected chi connectivity index (χ4v) is 11.7. The van der Waals surface area contributed by atoms with Crippen LogP contribution in [0.2, 0.25) is 0 Å². The highest BCUT2D eigenvalue weighted by atomic mass is 33.1. The number of esters is 1. The molecule has 1 aliphatic carbocycles. The second-order valence-corrected chi connectivity index (χ2v) is 23.7. The number of piperidine rings is 1. The third-order valence-corrected chi connectivity index (χ3v) is 17.1. The topological polar surface area (TPSA) is 211 Å². The van der Waals surface area contributed by atoms with Gasteiger partial charge in [0.25, 0.3) is 11.7 Å². The van der Waals surface area contributed by atoms with Gasteiger partial charge >= 0.3 is 12.1 Å². The van der Waals surface area contributed by atoms with E-state index in [0.717, 1.165) is 31.3 Å². The van der Waals surface area contributed by atoms with Gasteiger partial charge in [-0.05, 0) is 120 Å². The lowest BCUT2D eigenvalue weighted by molar-refractivity contribution is -0.265. The Balaban J connectivity index is 1.59. The molecule has 12 atom stereocenters. The molecule has 4 rings (SSSR count). The predicted octanol–water partition coefficient (Wildman–Crippen LogP) is 8.74. The van der Waals surface area contributed by atoms with Gasteiger partial charge in [0, 0.05) is 57.1 Å². The minimum absolute atomic E-state index is 0.0148. The minimum Gasteiger partial charge on any atom is -0.460 e. The van der Waals surface area contributed by atoms with Gasteiger partial charge in [-0.15, -0.1) is 0 Å². The van der Waals surface area contributed by atoms with E-state index in [1.54, 1.807) is 55.5 Å². The zero-order valence-electron chi connectivity index (χ0n) is 45.7. The first-order valence-corrected chi connectivity index (χ1v) is 29.5. The highest BCUT2D eigenvalue weighted by Crippen LogP contribution is 2.38. The Morgan fingerprint density at radius 1 is 0.892 bits per heavy atom. The first-order valence-electron chi connectivity index (χ1n) is 26.8. The molecule has 16 nitrogen and oxygen atoms in total. The molecular formula is C56H87NO15S2. The highest BCUT2D eigenvalue weighted by Gasteiger charge is 2.53. The first-order chi connectivity index (χ1) is 35.2. The van der Waals surface area contributed by atoms with E-state index in [1.807, 2.05) is 64.3 Å². The Morgan fingerprint density at radius 2 is 1.61 bits per heavy atom. The number of aliphatic hydroxyl groups is 2. The smallest absolute Gasteiger partial charge is 0.460 e. The maximum Gasteiger partial charge on any atom is 0.508 e. The molecule has 3 heterocycles. The van der Waals surface area contributed by atoms with Crippen LogP contribution in [0.4, 0.5) is 4.79 Å². The normalized spacial score (nSPS) is 34.2. The van der Waals surface area contributed by atoms with Crippen molar-refractivity contribution in [2.45, 2.75) is 180 Å². The van der Waals surface area contributed by atoms with Crippen molar-refractivity contribution < 1.29 is 72.1 Å². The van der Waals surface area contributed by atoms with Crippen LogP contribution < -0.4 is 0 Å². The second kappa shape index (κ2) is 31.8. The molecule has 12 unspecified atom stereocenters. The SMILES string of the molecule is COC1CC2CCC(C)C(O)(O2)C(=O)C(=O)N2CCCCC2C(=O)OC(C(C)CC2CCC(OCCOC(=O)OCCSSC)CC2)CC(=O)/C(C)=C/C(C)C(O)C(OC)C(=O)C(C)CC(C)C=CC=CC=C1C. The monoisotopic (exact) mass is 1080 g/mol. The fourth-order valence-electron chi connectivity index (χ4n) is 10.6. The summed E-state index contributed by atoms with van der Waals surface area (Å²) < 4.78 is 40.2. The number of hydrogen-bond donors (Lipinski definition) is 2. The van der Waals surface area contributed by atoms with E-state index in [9.17, 15) is 39.0 Å². The molecule has 4 aliphatic rings. The van der Waals surface area contributed by atoms with Crippen molar-refractivity contribution in [1.29, 1.82) is 0 Å². The molecule has 0 aromatic heterocycles. The summed E-state index contributed by atoms with van der Waals surface area (Å²) in [5.74, 6) is -7.16. The summed E-state index contributed by atoms with van der Waals surface area (Å²) in [6, 6.07) is -1.15. The molecule has 0 spiro atoms. The van der Waals surface area contributed by atoms with Crippen LogP contribution in [-0.4, -0.2) is 152 Å². The van der Waals surface area contributed by atoms with Crippen LogP contribution >= 0.6 is 21.6 Å². The Labute approximate surface area is 448 Å². The van der Waals surface area contributed by atoms with Crippen molar-refractivity contribution in [3.05, 3.63) is 47.6 Å². The Morgan fingerprint density at radius 3 is 2.30 bits per heavy atom. The number of hydrogen-bond acceptors (Lipinski definition) is 17. The Bertz CT molecular complexity index is 1970. The summed E-state index contributed by atoms with van der Waals surface area (Å²) in [4.78, 5) is 84.2. The van der Waals surface area contributed by atoms with Crippen molar-refractivity contribution in [3.63, 3.8) is 0 Å². The van der Waals surface area contributed by atoms with Crippen molar-refractivity contribution in [1.82, 2.24) is 4.90 Å². The third-order valence-electron chi connectivity index (χ3n) is 15.3. The van der Waals surface area contributed by atoms with Gasteiger partial charge in [-0.3, -0.25) is 19.2 Å². The predicted molar refractivity (Wildman–Crippen MR) is 286 cm³/mol. The largest absolute Gasteiger partial charge is 0.508 e. The number of nitrogens with zero attached hydrogens (tertiary/aromatic N) is 1. The summed E-state index contributed by atoms with van der Waals surface area (Å²) in [5.41, 5.74) is 1.19. The molecule has 18 heteroatoms. The van der Waals surface area contributed by atoms with E-state index in [-0.39, 0.29) is 74.6 Å². The molecule has 74 heavy (non-hydrogen) atoms. The summed E-state index contributed by atoms with van der Waals surface area (Å²) in [6.45, 7) is 13.4. The van der Waals surface area contributed by atoms with Gasteiger partial charge in [-0.2, -0.15) is 0 Å². The van der Waals surface area contributed by atoms with Crippen LogP contribution in [-0.2, 0) is 57.1 Å². The molecule has 3 fully saturated rings. The average molecular weight is 1080 g/mol. The lowest BCUT2D eigenvalue weighted by Gasteiger charge is -2.42. The highest BCUT2D eigenvalue weighted by molar-refractivity contribution is 8.76. The van der Waals surface area contributed by atoms with Gasteiger partial charge in [0.1, 0.15) is 31.5 Å². The van der Waals surface area contributed by atoms with Gasteiger partial charge < -0.3 is 48.3 Å². The number of amides is 1. The number of carbonyl (C=O) groups is 6. The van der Waals surface area contributed by atoms with Crippen molar-refractivity contribution in [3.8, 4) is 0 Å². The van der Waals surface area contributed by atoms with Gasteiger partial charge in [-0.1, -0.05) is 92.7 Å². The number of methoxy groups -OCH3 is 2. The number of ether oxygens (including phenoxy) is 7. The summed E-state index contributed by atoms with van der Waals surface area (Å²) >= 11 is 0. The van der Waals surface area contributed by atoms with Crippen LogP contribution in [0.5, 0.6) is 0 Å². The van der Waals surface area contributed by atoms with Crippen molar-refractivity contribution in [2.75, 3.05) is 52.6 Å². The third kappa shape index (κ3) is 19.0. The maximum atomic E-state index is 14.5. The molecule has 1 amide bonds. The lowest BCUT2D eigenvalue weighted by Crippen LogP contribution is -2.61. The van der Waals surface area contributed by atoms with E-state index in [4.69, 9.17) is 33.2 Å². The number of aliphatic hydroxyl groups excluding tert-OH is 1. The van der Waals surface area contributed by atoms with E-state index in [1.165, 1.54) is 12.0 Å². The molecule has 418 valence electrons. The maximum absolute atomic E-state index is 14.5. The Kier molecular flexibility index (Phi) is 27.1. The van der Waals surface area contributed by atoms with Gasteiger partial charge in [0.2, 0.25) is 5.79 Å². The minimum atomic E-state index is -2.44. The molecule has 0 radical (unpaired) electrons. The summed E-state index contributed by atoms with van der Waals surface area (Å²) in [7, 11) is 6.15. The molecule has 2 saturated heterocycles. The number of rotatable bonds is 13. The van der Waals surface area contributed by atoms with E-state index in [0.29, 0.717) is 56.3 Å². The molecular weight excluding hydrogens is 991 g/mol. The fraction of sp³-hybridized carbons (Fsp3) is 0.750. The molecule has 2 bridgehead atoms. The Hall–Kier alpha value is -3.36. The van der Waals surface area contributed by atoms with E-state index in [2.05, 4.69) is 0 Å². The second-order valence-electron chi connectivity index (χ2n) is 21.0. The van der Waals surface area contributed by atoms with Gasteiger partial charge in [0.15, 0.2) is 11.6 Å². The van der Waals surface area contributed by atoms with Crippen LogP contribution in [0.15, 0.2) is 47.6 Å². The van der Waals surface area contributed by atoms with Crippen molar-refractivity contribution in [2.24, 2.45) is 35.5 Å². The zero-order valence-corrected chi connectivity index (χ0v) is 47.3. The van der Waals surface area contributed by atoms with Crippen molar-refractivity contribution >= 4 is 57.0 Å². The number of ketones is 3. The first kappa shape index (κ1) is 63.2. The standard InChI is InChI=1S/C56H87NO15S2/c1-35-16-12-11-13-17-36(2)47(66-8)33-44-22-19-41(7)56(65,72-44)52(61)53(62)57-25-15-14-18-45(57)54(63)71-48(34-46(58)37(3)31-40(6)50(60)51(67-9)49(59)39(5)30-35)38(4)32-42-20-23-43(24-21-42)68-26-27-69-55(64)70-28-29-74-73-10/h11-13,16-17,31,35,38-45,47-48,50-51,60,65H,14-15,18-30,32-34H2,1-10H3/b13-11?,16-12?,36-17?,37-31+. The number of fused-ring (bicyclic) bond motifs is 3. The van der Waals surface area contributed by atoms with Crippen LogP contribution in [0.3, 0.4) is 0 Å². The zero-order chi connectivity index (χ0) is 54.5. The lowest BCUT2D eigenvalue weighted by atomic mass is 9.79.